The zero-order valence-corrected chi connectivity index (χ0v) is 19.8. The average Bonchev–Trinajstić information content (AvgIpc) is 2.84. The molecule has 0 aliphatic carbocycles. The quantitative estimate of drug-likeness (QED) is 0.195. The number of hydrogen-bond acceptors (Lipinski definition) is 5. The molecule has 0 heterocycles. The molecular formula is C26H23ClFNO4S. The van der Waals surface area contributed by atoms with Crippen LogP contribution in [0.3, 0.4) is 0 Å². The number of benzene rings is 3. The summed E-state index contributed by atoms with van der Waals surface area (Å²) < 4.78 is 18.4. The average molecular weight is 500 g/mol. The number of carbonyl (C=O) groups is 3. The van der Waals surface area contributed by atoms with Crippen LogP contribution in [-0.2, 0) is 14.3 Å². The number of esters is 1. The molecule has 0 aromatic heterocycles. The number of ketones is 1. The fraction of sp³-hybridized carbons (Fsp3) is 0.192. The van der Waals surface area contributed by atoms with Crippen molar-refractivity contribution < 1.29 is 23.5 Å². The second-order valence-electron chi connectivity index (χ2n) is 7.31. The first-order chi connectivity index (χ1) is 16.4. The van der Waals surface area contributed by atoms with E-state index in [0.717, 1.165) is 21.9 Å². The summed E-state index contributed by atoms with van der Waals surface area (Å²) in [6.07, 6.45) is -1.27. The third-order valence-corrected chi connectivity index (χ3v) is 5.97. The number of carbonyl (C=O) groups excluding carboxylic acids is 3. The summed E-state index contributed by atoms with van der Waals surface area (Å²) >= 11 is 7.35. The Balaban J connectivity index is 1.47. The molecule has 1 N–H and O–H groups in total. The Hall–Kier alpha value is -3.16. The lowest BCUT2D eigenvalue weighted by Gasteiger charge is -2.16. The molecule has 0 radical (unpaired) electrons. The van der Waals surface area contributed by atoms with Crippen molar-refractivity contribution in [3.05, 3.63) is 90.2 Å². The fourth-order valence-electron chi connectivity index (χ4n) is 3.03. The van der Waals surface area contributed by atoms with Crippen LogP contribution in [0.2, 0.25) is 0 Å². The number of rotatable bonds is 11. The molecule has 0 saturated carbocycles. The lowest BCUT2D eigenvalue weighted by molar-refractivity contribution is -0.148. The predicted molar refractivity (Wildman–Crippen MR) is 131 cm³/mol. The molecule has 3 rings (SSSR count). The summed E-state index contributed by atoms with van der Waals surface area (Å²) in [5.41, 5.74) is 0.832. The smallest absolute Gasteiger partial charge is 0.307 e. The van der Waals surface area contributed by atoms with Gasteiger partial charge in [0, 0.05) is 39.8 Å². The Labute approximate surface area is 206 Å². The number of halogens is 2. The zero-order valence-electron chi connectivity index (χ0n) is 18.2. The van der Waals surface area contributed by atoms with Crippen molar-refractivity contribution in [2.24, 2.45) is 0 Å². The van der Waals surface area contributed by atoms with Crippen LogP contribution in [0.4, 0.5) is 10.1 Å². The van der Waals surface area contributed by atoms with Gasteiger partial charge in [0.1, 0.15) is 5.82 Å². The van der Waals surface area contributed by atoms with Crippen molar-refractivity contribution in [2.45, 2.75) is 35.2 Å². The van der Waals surface area contributed by atoms with Crippen molar-refractivity contribution in [2.75, 3.05) is 11.2 Å². The van der Waals surface area contributed by atoms with Crippen LogP contribution in [0, 0.1) is 5.82 Å². The monoisotopic (exact) mass is 499 g/mol. The lowest BCUT2D eigenvalue weighted by atomic mass is 10.0. The van der Waals surface area contributed by atoms with Gasteiger partial charge in [0.25, 0.3) is 0 Å². The summed E-state index contributed by atoms with van der Waals surface area (Å²) in [5, 5.41) is 2.74. The minimum atomic E-state index is -1.09. The predicted octanol–water partition coefficient (Wildman–Crippen LogP) is 6.12. The Morgan fingerprint density at radius 2 is 1.53 bits per heavy atom. The number of ether oxygens (including phenoxy) is 1. The van der Waals surface area contributed by atoms with E-state index < -0.39 is 23.7 Å². The summed E-state index contributed by atoms with van der Waals surface area (Å²) in [6.45, 7) is 0. The van der Waals surface area contributed by atoms with Gasteiger partial charge in [-0.1, -0.05) is 30.0 Å². The van der Waals surface area contributed by atoms with Crippen molar-refractivity contribution >= 4 is 46.7 Å². The molecule has 0 aliphatic rings. The summed E-state index contributed by atoms with van der Waals surface area (Å²) in [4.78, 5) is 39.2. The first kappa shape index (κ1) is 25.5. The molecule has 3 aromatic carbocycles. The van der Waals surface area contributed by atoms with Crippen LogP contribution >= 0.6 is 23.4 Å². The molecule has 1 atom stereocenters. The Kier molecular flexibility index (Phi) is 9.67. The molecule has 0 aliphatic heterocycles. The lowest BCUT2D eigenvalue weighted by Crippen LogP contribution is -2.28. The van der Waals surface area contributed by atoms with Gasteiger partial charge in [-0.3, -0.25) is 14.4 Å². The minimum Gasteiger partial charge on any atom is -0.454 e. The summed E-state index contributed by atoms with van der Waals surface area (Å²) in [5.74, 6) is -1.87. The van der Waals surface area contributed by atoms with Crippen molar-refractivity contribution in [3.63, 3.8) is 0 Å². The fourth-order valence-corrected chi connectivity index (χ4v) is 4.07. The highest BCUT2D eigenvalue weighted by Gasteiger charge is 2.24. The number of alkyl halides is 1. The maximum atomic E-state index is 13.1. The second-order valence-corrected chi connectivity index (χ2v) is 8.84. The molecule has 176 valence electrons. The third kappa shape index (κ3) is 8.01. The number of amides is 1. The van der Waals surface area contributed by atoms with Gasteiger partial charge >= 0.3 is 5.97 Å². The van der Waals surface area contributed by atoms with E-state index in [4.69, 9.17) is 16.3 Å². The largest absolute Gasteiger partial charge is 0.454 e. The topological polar surface area (TPSA) is 72.5 Å². The molecule has 1 amide bonds. The molecule has 8 heteroatoms. The maximum Gasteiger partial charge on any atom is 0.307 e. The van der Waals surface area contributed by atoms with Gasteiger partial charge in [0.15, 0.2) is 6.10 Å². The number of hydrogen-bond donors (Lipinski definition) is 1. The highest BCUT2D eigenvalue weighted by Crippen LogP contribution is 2.28. The van der Waals surface area contributed by atoms with E-state index in [1.807, 2.05) is 42.5 Å². The SMILES string of the molecule is O=C(CCC(=O)OC(CCCl)C(=O)c1ccc(F)cc1)Nc1ccc(Sc2ccccc2)cc1. The zero-order chi connectivity index (χ0) is 24.3. The molecular weight excluding hydrogens is 477 g/mol. The van der Waals surface area contributed by atoms with E-state index in [1.54, 1.807) is 23.9 Å². The second kappa shape index (κ2) is 12.9. The molecule has 0 spiro atoms. The Bertz CT molecular complexity index is 1110. The Morgan fingerprint density at radius 3 is 2.18 bits per heavy atom. The highest BCUT2D eigenvalue weighted by molar-refractivity contribution is 7.99. The van der Waals surface area contributed by atoms with E-state index in [2.05, 4.69) is 5.32 Å². The first-order valence-corrected chi connectivity index (χ1v) is 12.0. The van der Waals surface area contributed by atoms with Gasteiger partial charge in [-0.25, -0.2) is 4.39 Å². The van der Waals surface area contributed by atoms with Crippen LogP contribution in [0.15, 0.2) is 88.7 Å². The van der Waals surface area contributed by atoms with Gasteiger partial charge in [0.2, 0.25) is 11.7 Å². The van der Waals surface area contributed by atoms with Crippen LogP contribution in [-0.4, -0.2) is 29.6 Å². The standard InChI is InChI=1S/C26H23ClFNO4S/c27-17-16-23(26(32)18-6-8-19(28)9-7-18)33-25(31)15-14-24(30)29-20-10-12-22(13-11-20)34-21-4-2-1-3-5-21/h1-13,23H,14-17H2,(H,29,30). The third-order valence-electron chi connectivity index (χ3n) is 4.74. The van der Waals surface area contributed by atoms with E-state index in [9.17, 15) is 18.8 Å². The van der Waals surface area contributed by atoms with Crippen molar-refractivity contribution in [1.82, 2.24) is 0 Å². The molecule has 0 fully saturated rings. The van der Waals surface area contributed by atoms with Crippen LogP contribution in [0.5, 0.6) is 0 Å². The van der Waals surface area contributed by atoms with Crippen LogP contribution in [0.25, 0.3) is 0 Å². The molecule has 3 aromatic rings. The van der Waals surface area contributed by atoms with Crippen molar-refractivity contribution in [1.29, 1.82) is 0 Å². The number of Topliss-reactive ketones (excluding diaryl/α,β-unsaturated/α-hetero) is 1. The molecule has 1 unspecified atom stereocenters. The summed E-state index contributed by atoms with van der Waals surface area (Å²) in [6, 6.07) is 22.3. The first-order valence-electron chi connectivity index (χ1n) is 10.6. The highest BCUT2D eigenvalue weighted by atomic mass is 35.5. The normalized spacial score (nSPS) is 11.5. The van der Waals surface area contributed by atoms with Gasteiger partial charge in [-0.05, 0) is 60.7 Å². The van der Waals surface area contributed by atoms with Gasteiger partial charge in [0.05, 0.1) is 6.42 Å². The maximum absolute atomic E-state index is 13.1. The number of nitrogens with one attached hydrogen (secondary N) is 1. The van der Waals surface area contributed by atoms with Crippen molar-refractivity contribution in [3.8, 4) is 0 Å². The Morgan fingerprint density at radius 1 is 0.882 bits per heavy atom. The van der Waals surface area contributed by atoms with Crippen LogP contribution < -0.4 is 5.32 Å². The number of anilines is 1. The van der Waals surface area contributed by atoms with E-state index in [-0.39, 0.29) is 36.6 Å². The van der Waals surface area contributed by atoms with E-state index >= 15 is 0 Å². The minimum absolute atomic E-state index is 0.0995. The molecule has 0 saturated heterocycles. The summed E-state index contributed by atoms with van der Waals surface area (Å²) in [7, 11) is 0. The van der Waals surface area contributed by atoms with Gasteiger partial charge in [-0.2, -0.15) is 0 Å². The van der Waals surface area contributed by atoms with Gasteiger partial charge in [-0.15, -0.1) is 11.6 Å². The van der Waals surface area contributed by atoms with Crippen LogP contribution in [0.1, 0.15) is 29.6 Å². The van der Waals surface area contributed by atoms with Gasteiger partial charge < -0.3 is 10.1 Å². The molecule has 0 bridgehead atoms. The van der Waals surface area contributed by atoms with E-state index in [0.29, 0.717) is 5.69 Å². The molecule has 34 heavy (non-hydrogen) atoms. The molecule has 5 nitrogen and oxygen atoms in total. The van der Waals surface area contributed by atoms with E-state index in [1.165, 1.54) is 12.1 Å².